The molecular weight excluding hydrogens is 316 g/mol. The van der Waals surface area contributed by atoms with Crippen molar-refractivity contribution >= 4 is 0 Å². The van der Waals surface area contributed by atoms with E-state index in [1.165, 1.54) is 11.1 Å². The Morgan fingerprint density at radius 2 is 1.84 bits per heavy atom. The number of hydrogen-bond acceptors (Lipinski definition) is 5. The Morgan fingerprint density at radius 3 is 2.68 bits per heavy atom. The third-order valence-corrected chi connectivity index (χ3v) is 4.71. The van der Waals surface area contributed by atoms with Gasteiger partial charge in [0.2, 0.25) is 6.79 Å². The SMILES string of the molecule is CCOc1cccc(C(c2ccc3c(c2)OCO3)N2CCNCC2)c1. The quantitative estimate of drug-likeness (QED) is 0.907. The molecule has 1 saturated heterocycles. The van der Waals surface area contributed by atoms with E-state index in [-0.39, 0.29) is 6.04 Å². The summed E-state index contributed by atoms with van der Waals surface area (Å²) in [6.45, 7) is 7.02. The van der Waals surface area contributed by atoms with Crippen LogP contribution in [0.1, 0.15) is 24.1 Å². The summed E-state index contributed by atoms with van der Waals surface area (Å²) in [5, 5.41) is 3.43. The number of nitrogens with zero attached hydrogens (tertiary/aromatic N) is 1. The number of fused-ring (bicyclic) bond motifs is 1. The summed E-state index contributed by atoms with van der Waals surface area (Å²) in [7, 11) is 0. The van der Waals surface area contributed by atoms with Gasteiger partial charge in [0.25, 0.3) is 0 Å². The fourth-order valence-corrected chi connectivity index (χ4v) is 3.58. The van der Waals surface area contributed by atoms with Gasteiger partial charge in [-0.2, -0.15) is 0 Å². The molecule has 5 heteroatoms. The molecule has 0 aliphatic carbocycles. The first-order valence-corrected chi connectivity index (χ1v) is 8.92. The summed E-state index contributed by atoms with van der Waals surface area (Å²) in [6, 6.07) is 14.9. The second-order valence-corrected chi connectivity index (χ2v) is 6.31. The van der Waals surface area contributed by atoms with Gasteiger partial charge in [-0.1, -0.05) is 18.2 Å². The van der Waals surface area contributed by atoms with Crippen molar-refractivity contribution in [3.63, 3.8) is 0 Å². The van der Waals surface area contributed by atoms with Crippen LogP contribution in [0.4, 0.5) is 0 Å². The van der Waals surface area contributed by atoms with Crippen LogP contribution in [0.25, 0.3) is 0 Å². The summed E-state index contributed by atoms with van der Waals surface area (Å²) in [5.41, 5.74) is 2.46. The first-order chi connectivity index (χ1) is 12.3. The molecule has 1 N–H and O–H groups in total. The third kappa shape index (κ3) is 3.43. The summed E-state index contributed by atoms with van der Waals surface area (Å²) in [4.78, 5) is 2.51. The fourth-order valence-electron chi connectivity index (χ4n) is 3.58. The molecule has 0 bridgehead atoms. The van der Waals surface area contributed by atoms with E-state index in [0.29, 0.717) is 13.4 Å². The molecule has 2 aromatic rings. The van der Waals surface area contributed by atoms with E-state index in [4.69, 9.17) is 14.2 Å². The van der Waals surface area contributed by atoms with E-state index < -0.39 is 0 Å². The Morgan fingerprint density at radius 1 is 1.04 bits per heavy atom. The monoisotopic (exact) mass is 340 g/mol. The molecule has 1 fully saturated rings. The smallest absolute Gasteiger partial charge is 0.231 e. The molecule has 132 valence electrons. The Kier molecular flexibility index (Phi) is 4.76. The van der Waals surface area contributed by atoms with Gasteiger partial charge in [-0.25, -0.2) is 0 Å². The highest BCUT2D eigenvalue weighted by molar-refractivity contribution is 5.47. The summed E-state index contributed by atoms with van der Waals surface area (Å²) >= 11 is 0. The standard InChI is InChI=1S/C20H24N2O3/c1-2-23-17-5-3-4-15(12-17)20(22-10-8-21-9-11-22)16-6-7-18-19(13-16)25-14-24-18/h3-7,12-13,20-21H,2,8-11,14H2,1H3. The van der Waals surface area contributed by atoms with Gasteiger partial charge in [0.05, 0.1) is 12.6 Å². The number of piperazine rings is 1. The Bertz CT molecular complexity index is 729. The van der Waals surface area contributed by atoms with E-state index in [2.05, 4.69) is 40.5 Å². The zero-order valence-electron chi connectivity index (χ0n) is 14.5. The maximum Gasteiger partial charge on any atom is 0.231 e. The lowest BCUT2D eigenvalue weighted by molar-refractivity contribution is 0.173. The van der Waals surface area contributed by atoms with Crippen LogP contribution in [0, 0.1) is 0 Å². The van der Waals surface area contributed by atoms with Crippen LogP contribution in [0.2, 0.25) is 0 Å². The van der Waals surface area contributed by atoms with Crippen molar-refractivity contribution in [1.29, 1.82) is 0 Å². The van der Waals surface area contributed by atoms with Crippen LogP contribution in [-0.4, -0.2) is 44.5 Å². The minimum atomic E-state index is 0.178. The van der Waals surface area contributed by atoms with Gasteiger partial charge in [0, 0.05) is 26.2 Å². The van der Waals surface area contributed by atoms with E-state index in [1.807, 2.05) is 19.1 Å². The van der Waals surface area contributed by atoms with Crippen LogP contribution < -0.4 is 19.5 Å². The van der Waals surface area contributed by atoms with Crippen molar-refractivity contribution in [2.45, 2.75) is 13.0 Å². The van der Waals surface area contributed by atoms with E-state index in [1.54, 1.807) is 0 Å². The lowest BCUT2D eigenvalue weighted by Crippen LogP contribution is -2.45. The first kappa shape index (κ1) is 16.2. The lowest BCUT2D eigenvalue weighted by atomic mass is 9.96. The molecule has 0 spiro atoms. The van der Waals surface area contributed by atoms with Crippen LogP contribution in [-0.2, 0) is 0 Å². The summed E-state index contributed by atoms with van der Waals surface area (Å²) < 4.78 is 16.8. The van der Waals surface area contributed by atoms with Gasteiger partial charge in [-0.15, -0.1) is 0 Å². The second kappa shape index (κ2) is 7.33. The molecular formula is C20H24N2O3. The highest BCUT2D eigenvalue weighted by atomic mass is 16.7. The first-order valence-electron chi connectivity index (χ1n) is 8.92. The second-order valence-electron chi connectivity index (χ2n) is 6.31. The van der Waals surface area contributed by atoms with Crippen molar-refractivity contribution in [1.82, 2.24) is 10.2 Å². The Hall–Kier alpha value is -2.24. The van der Waals surface area contributed by atoms with Crippen LogP contribution in [0.15, 0.2) is 42.5 Å². The maximum atomic E-state index is 5.72. The third-order valence-electron chi connectivity index (χ3n) is 4.71. The number of nitrogens with one attached hydrogen (secondary N) is 1. The predicted molar refractivity (Wildman–Crippen MR) is 96.5 cm³/mol. The van der Waals surface area contributed by atoms with Gasteiger partial charge in [-0.05, 0) is 42.3 Å². The number of benzene rings is 2. The molecule has 5 nitrogen and oxygen atoms in total. The van der Waals surface area contributed by atoms with Crippen molar-refractivity contribution < 1.29 is 14.2 Å². The number of hydrogen-bond donors (Lipinski definition) is 1. The molecule has 2 aliphatic heterocycles. The van der Waals surface area contributed by atoms with Crippen molar-refractivity contribution in [2.75, 3.05) is 39.6 Å². The predicted octanol–water partition coefficient (Wildman–Crippen LogP) is 2.81. The molecule has 0 radical (unpaired) electrons. The zero-order chi connectivity index (χ0) is 17.1. The molecule has 2 aromatic carbocycles. The van der Waals surface area contributed by atoms with Gasteiger partial charge < -0.3 is 19.5 Å². The minimum Gasteiger partial charge on any atom is -0.494 e. The van der Waals surface area contributed by atoms with Gasteiger partial charge >= 0.3 is 0 Å². The normalized spacial score (nSPS) is 18.1. The summed E-state index contributed by atoms with van der Waals surface area (Å²) in [6.07, 6.45) is 0. The average Bonchev–Trinajstić information content (AvgIpc) is 3.11. The molecule has 0 aromatic heterocycles. The average molecular weight is 340 g/mol. The number of ether oxygens (including phenoxy) is 3. The lowest BCUT2D eigenvalue weighted by Gasteiger charge is -2.35. The van der Waals surface area contributed by atoms with Crippen LogP contribution in [0.5, 0.6) is 17.2 Å². The van der Waals surface area contributed by atoms with Crippen molar-refractivity contribution in [2.24, 2.45) is 0 Å². The minimum absolute atomic E-state index is 0.178. The topological polar surface area (TPSA) is 43.0 Å². The molecule has 0 saturated carbocycles. The highest BCUT2D eigenvalue weighted by Gasteiger charge is 2.26. The van der Waals surface area contributed by atoms with E-state index in [9.17, 15) is 0 Å². The van der Waals surface area contributed by atoms with Gasteiger partial charge in [0.15, 0.2) is 11.5 Å². The van der Waals surface area contributed by atoms with Crippen LogP contribution >= 0.6 is 0 Å². The Balaban J connectivity index is 1.72. The largest absolute Gasteiger partial charge is 0.494 e. The summed E-state index contributed by atoms with van der Waals surface area (Å²) in [5.74, 6) is 2.57. The molecule has 4 rings (SSSR count). The fraction of sp³-hybridized carbons (Fsp3) is 0.400. The van der Waals surface area contributed by atoms with Crippen LogP contribution in [0.3, 0.4) is 0 Å². The molecule has 0 amide bonds. The molecule has 2 aliphatic rings. The number of rotatable bonds is 5. The maximum absolute atomic E-state index is 5.72. The molecule has 2 heterocycles. The van der Waals surface area contributed by atoms with E-state index in [0.717, 1.165) is 43.4 Å². The zero-order valence-corrected chi connectivity index (χ0v) is 14.5. The van der Waals surface area contributed by atoms with E-state index >= 15 is 0 Å². The van der Waals surface area contributed by atoms with Gasteiger partial charge in [-0.3, -0.25) is 4.90 Å². The molecule has 1 unspecified atom stereocenters. The molecule has 25 heavy (non-hydrogen) atoms. The molecule has 1 atom stereocenters. The van der Waals surface area contributed by atoms with Gasteiger partial charge in [0.1, 0.15) is 5.75 Å². The Labute approximate surface area is 148 Å². The van der Waals surface area contributed by atoms with Crippen molar-refractivity contribution in [3.8, 4) is 17.2 Å². The van der Waals surface area contributed by atoms with Crippen molar-refractivity contribution in [3.05, 3.63) is 53.6 Å². The highest BCUT2D eigenvalue weighted by Crippen LogP contribution is 2.38.